The van der Waals surface area contributed by atoms with Crippen molar-refractivity contribution in [2.24, 2.45) is 39.4 Å². The van der Waals surface area contributed by atoms with E-state index < -0.39 is 29.6 Å². The van der Waals surface area contributed by atoms with Crippen LogP contribution in [0.25, 0.3) is 0 Å². The van der Waals surface area contributed by atoms with Crippen LogP contribution in [0.1, 0.15) is 121 Å². The van der Waals surface area contributed by atoms with E-state index in [1.165, 1.54) is 31.9 Å². The summed E-state index contributed by atoms with van der Waals surface area (Å²) in [5.74, 6) is -1.89. The number of allylic oxidation sites excluding steroid dienone is 1. The molecule has 0 aromatic rings. The fourth-order valence-electron chi connectivity index (χ4n) is 10.8. The van der Waals surface area contributed by atoms with Gasteiger partial charge in [-0.1, -0.05) is 53.2 Å². The number of hydrogen-bond donors (Lipinski definition) is 1. The number of ether oxygens (including phenoxy) is 4. The molecule has 1 unspecified atom stereocenters. The largest absolute Gasteiger partial charge is 0.478 e. The van der Waals surface area contributed by atoms with Gasteiger partial charge in [-0.2, -0.15) is 0 Å². The summed E-state index contributed by atoms with van der Waals surface area (Å²) in [5.41, 5.74) is 1.58. The van der Waals surface area contributed by atoms with Crippen molar-refractivity contribution in [3.63, 3.8) is 0 Å². The molecule has 0 heterocycles. The molecule has 0 radical (unpaired) electrons. The number of aliphatic carboxylic acids is 1. The highest BCUT2D eigenvalue weighted by Crippen LogP contribution is 2.73. The molecule has 4 aliphatic carbocycles. The fourth-order valence-corrected chi connectivity index (χ4v) is 10.8. The maximum absolute atomic E-state index is 12.7. The number of rotatable bonds is 10. The molecule has 0 saturated heterocycles. The zero-order chi connectivity index (χ0) is 35.3. The molecule has 47 heavy (non-hydrogen) atoms. The van der Waals surface area contributed by atoms with Gasteiger partial charge in [0.15, 0.2) is 0 Å². The molecule has 0 aromatic heterocycles. The van der Waals surface area contributed by atoms with Gasteiger partial charge in [-0.3, -0.25) is 14.4 Å². The van der Waals surface area contributed by atoms with Crippen LogP contribution < -0.4 is 0 Å². The van der Waals surface area contributed by atoms with Crippen molar-refractivity contribution in [1.29, 1.82) is 0 Å². The number of carbonyl (C=O) groups excluding carboxylic acids is 3. The lowest BCUT2D eigenvalue weighted by atomic mass is 9.42. The number of fused-ring (bicyclic) bond motifs is 4. The first-order chi connectivity index (χ1) is 21.7. The average molecular weight is 659 g/mol. The maximum atomic E-state index is 12.7. The van der Waals surface area contributed by atoms with Crippen molar-refractivity contribution in [1.82, 2.24) is 0 Å². The second-order valence-corrected chi connectivity index (χ2v) is 16.0. The Kier molecular flexibility index (Phi) is 10.5. The molecule has 0 amide bonds. The van der Waals surface area contributed by atoms with Crippen LogP contribution in [0, 0.1) is 39.4 Å². The van der Waals surface area contributed by atoms with Gasteiger partial charge < -0.3 is 24.1 Å². The first kappa shape index (κ1) is 37.1. The van der Waals surface area contributed by atoms with Crippen LogP contribution in [0.4, 0.5) is 0 Å². The molecule has 0 aliphatic heterocycles. The third-order valence-corrected chi connectivity index (χ3v) is 13.3. The highest BCUT2D eigenvalue weighted by Gasteiger charge is 2.70. The molecule has 0 spiro atoms. The summed E-state index contributed by atoms with van der Waals surface area (Å²) in [6.45, 7) is 22.0. The Balaban J connectivity index is 1.86. The van der Waals surface area contributed by atoms with Gasteiger partial charge in [-0.25, -0.2) is 4.79 Å². The van der Waals surface area contributed by atoms with Crippen LogP contribution in [-0.4, -0.2) is 60.0 Å². The molecule has 4 aliphatic rings. The van der Waals surface area contributed by atoms with E-state index in [0.29, 0.717) is 13.0 Å². The van der Waals surface area contributed by atoms with Crippen molar-refractivity contribution >= 4 is 23.9 Å². The van der Waals surface area contributed by atoms with Crippen molar-refractivity contribution in [2.45, 2.75) is 146 Å². The smallest absolute Gasteiger partial charge is 0.330 e. The van der Waals surface area contributed by atoms with Gasteiger partial charge in [0.05, 0.1) is 6.10 Å². The molecular formula is C38H58O9. The van der Waals surface area contributed by atoms with Crippen LogP contribution in [0.5, 0.6) is 0 Å². The quantitative estimate of drug-likeness (QED) is 0.112. The van der Waals surface area contributed by atoms with E-state index in [4.69, 9.17) is 18.9 Å². The summed E-state index contributed by atoms with van der Waals surface area (Å²) >= 11 is 0. The molecule has 0 aromatic carbocycles. The van der Waals surface area contributed by atoms with Gasteiger partial charge in [0.2, 0.25) is 0 Å². The molecule has 264 valence electrons. The van der Waals surface area contributed by atoms with Crippen molar-refractivity contribution in [2.75, 3.05) is 6.61 Å². The lowest BCUT2D eigenvalue weighted by Crippen LogP contribution is -2.60. The zero-order valence-electron chi connectivity index (χ0n) is 30.5. The van der Waals surface area contributed by atoms with Gasteiger partial charge in [0, 0.05) is 50.2 Å². The standard InChI is InChI=1S/C38H58O9/c1-12-44-29-20-30-35(7,8)31(46-24(5)40)16-17-36(30,9)26-15-18-37(10)27(19-32(47-25(6)41)38(37,11)33(26)29)22(3)28(45-23(4)39)14-13-21(2)34(42)43/h13,22,27-32H,12,14-20H2,1-11H3,(H,42,43)/b21-13+/t22-,27+,28?,29+,30-,31+,32-,36+,37+,38-/m0/s1. The minimum atomic E-state index is -1.00. The Bertz CT molecular complexity index is 1330. The minimum absolute atomic E-state index is 0.0118. The van der Waals surface area contributed by atoms with Crippen molar-refractivity contribution < 1.29 is 43.2 Å². The SMILES string of the molecule is CCO[C@@H]1C[C@H]2C(C)(C)[C@H](OC(C)=O)CC[C@]2(C)C2=C1[C@]1(C)[C@@H](OC(C)=O)C[C@H]([C@H](C)C(C/C=C(\C)C(=O)O)OC(C)=O)[C@@]1(C)CC2. The summed E-state index contributed by atoms with van der Waals surface area (Å²) in [4.78, 5) is 48.7. The molecule has 9 heteroatoms. The minimum Gasteiger partial charge on any atom is -0.478 e. The highest BCUT2D eigenvalue weighted by atomic mass is 16.6. The maximum Gasteiger partial charge on any atom is 0.330 e. The molecule has 4 rings (SSSR count). The number of carboxylic acid groups (broad SMARTS) is 1. The molecule has 2 fully saturated rings. The normalized spacial score (nSPS) is 37.5. The molecule has 0 bridgehead atoms. The van der Waals surface area contributed by atoms with Crippen LogP contribution in [0.2, 0.25) is 0 Å². The third kappa shape index (κ3) is 6.30. The Morgan fingerprint density at radius 1 is 0.915 bits per heavy atom. The first-order valence-corrected chi connectivity index (χ1v) is 17.5. The fraction of sp³-hybridized carbons (Fsp3) is 0.789. The molecule has 9 nitrogen and oxygen atoms in total. The van der Waals surface area contributed by atoms with E-state index in [2.05, 4.69) is 41.5 Å². The monoisotopic (exact) mass is 658 g/mol. The zero-order valence-corrected chi connectivity index (χ0v) is 30.5. The lowest BCUT2D eigenvalue weighted by molar-refractivity contribution is -0.173. The van der Waals surface area contributed by atoms with Gasteiger partial charge in [0.1, 0.15) is 18.3 Å². The van der Waals surface area contributed by atoms with E-state index in [9.17, 15) is 24.3 Å². The van der Waals surface area contributed by atoms with Crippen LogP contribution in [0.15, 0.2) is 22.8 Å². The van der Waals surface area contributed by atoms with Crippen molar-refractivity contribution in [3.05, 3.63) is 22.8 Å². The summed E-state index contributed by atoms with van der Waals surface area (Å²) in [6.07, 6.45) is 5.40. The highest BCUT2D eigenvalue weighted by molar-refractivity contribution is 5.85. The topological polar surface area (TPSA) is 125 Å². The van der Waals surface area contributed by atoms with E-state index in [1.807, 2.05) is 6.92 Å². The summed E-state index contributed by atoms with van der Waals surface area (Å²) in [5, 5.41) is 9.48. The lowest BCUT2D eigenvalue weighted by Gasteiger charge is -2.64. The molecular weight excluding hydrogens is 600 g/mol. The van der Waals surface area contributed by atoms with Gasteiger partial charge in [-0.05, 0) is 86.5 Å². The predicted molar refractivity (Wildman–Crippen MR) is 177 cm³/mol. The predicted octanol–water partition coefficient (Wildman–Crippen LogP) is 7.21. The number of esters is 3. The molecule has 2 saturated carbocycles. The number of carbonyl (C=O) groups is 4. The third-order valence-electron chi connectivity index (χ3n) is 13.3. The van der Waals surface area contributed by atoms with Crippen LogP contribution in [0.3, 0.4) is 0 Å². The number of hydrogen-bond acceptors (Lipinski definition) is 8. The van der Waals surface area contributed by atoms with E-state index >= 15 is 0 Å². The Morgan fingerprint density at radius 2 is 1.53 bits per heavy atom. The summed E-state index contributed by atoms with van der Waals surface area (Å²) in [7, 11) is 0. The molecule has 1 N–H and O–H groups in total. The first-order valence-electron chi connectivity index (χ1n) is 17.5. The second-order valence-electron chi connectivity index (χ2n) is 16.0. The Morgan fingerprint density at radius 3 is 2.09 bits per heavy atom. The average Bonchev–Trinajstić information content (AvgIpc) is 3.19. The van der Waals surface area contributed by atoms with Gasteiger partial charge in [0.25, 0.3) is 0 Å². The Hall–Kier alpha value is -2.68. The summed E-state index contributed by atoms with van der Waals surface area (Å²) in [6, 6.07) is 0. The van der Waals surface area contributed by atoms with Gasteiger partial charge >= 0.3 is 23.9 Å². The second kappa shape index (κ2) is 13.3. The van der Waals surface area contributed by atoms with E-state index in [1.54, 1.807) is 13.0 Å². The van der Waals surface area contributed by atoms with E-state index in [0.717, 1.165) is 32.1 Å². The van der Waals surface area contributed by atoms with Gasteiger partial charge in [-0.15, -0.1) is 0 Å². The Labute approximate surface area is 281 Å². The summed E-state index contributed by atoms with van der Waals surface area (Å²) < 4.78 is 24.7. The molecule has 10 atom stereocenters. The van der Waals surface area contributed by atoms with Crippen LogP contribution >= 0.6 is 0 Å². The number of carboxylic acids is 1. The van der Waals surface area contributed by atoms with Crippen molar-refractivity contribution in [3.8, 4) is 0 Å². The van der Waals surface area contributed by atoms with Crippen LogP contribution in [-0.2, 0) is 38.1 Å². The van der Waals surface area contributed by atoms with E-state index in [-0.39, 0.29) is 70.1 Å².